The van der Waals surface area contributed by atoms with Crippen LogP contribution in [0.3, 0.4) is 0 Å². The quantitative estimate of drug-likeness (QED) is 0.840. The number of piperidine rings is 1. The van der Waals surface area contributed by atoms with Gasteiger partial charge >= 0.3 is 0 Å². The van der Waals surface area contributed by atoms with Crippen LogP contribution in [0.15, 0.2) is 18.2 Å². The SMILES string of the molecule is OC1CCN(Cc2ccc3c(c2)OCO3)CC1. The molecule has 0 aromatic heterocycles. The van der Waals surface area contributed by atoms with Gasteiger partial charge < -0.3 is 14.6 Å². The molecule has 2 heterocycles. The summed E-state index contributed by atoms with van der Waals surface area (Å²) < 4.78 is 10.7. The van der Waals surface area contributed by atoms with E-state index in [4.69, 9.17) is 9.47 Å². The number of hydrogen-bond donors (Lipinski definition) is 1. The van der Waals surface area contributed by atoms with E-state index >= 15 is 0 Å². The first-order chi connectivity index (χ1) is 8.31. The lowest BCUT2D eigenvalue weighted by atomic mass is 10.1. The molecular weight excluding hydrogens is 218 g/mol. The highest BCUT2D eigenvalue weighted by atomic mass is 16.7. The van der Waals surface area contributed by atoms with Crippen LogP contribution in [0.4, 0.5) is 0 Å². The summed E-state index contributed by atoms with van der Waals surface area (Å²) in [6.45, 7) is 3.18. The normalized spacial score (nSPS) is 20.8. The first-order valence-electron chi connectivity index (χ1n) is 6.10. The smallest absolute Gasteiger partial charge is 0.231 e. The van der Waals surface area contributed by atoms with Crippen molar-refractivity contribution in [3.05, 3.63) is 23.8 Å². The van der Waals surface area contributed by atoms with Crippen molar-refractivity contribution in [2.24, 2.45) is 0 Å². The monoisotopic (exact) mass is 235 g/mol. The van der Waals surface area contributed by atoms with E-state index in [1.807, 2.05) is 12.1 Å². The first-order valence-corrected chi connectivity index (χ1v) is 6.10. The maximum atomic E-state index is 9.46. The third-order valence-electron chi connectivity index (χ3n) is 3.40. The van der Waals surface area contributed by atoms with E-state index in [-0.39, 0.29) is 6.10 Å². The Morgan fingerprint density at radius 2 is 1.94 bits per heavy atom. The van der Waals surface area contributed by atoms with Crippen LogP contribution >= 0.6 is 0 Å². The maximum Gasteiger partial charge on any atom is 0.231 e. The Morgan fingerprint density at radius 3 is 2.76 bits per heavy atom. The average Bonchev–Trinajstić information content (AvgIpc) is 2.79. The fourth-order valence-electron chi connectivity index (χ4n) is 2.37. The van der Waals surface area contributed by atoms with E-state index in [9.17, 15) is 5.11 Å². The Bertz CT molecular complexity index is 400. The molecule has 0 unspecified atom stereocenters. The van der Waals surface area contributed by atoms with Crippen molar-refractivity contribution >= 4 is 0 Å². The molecule has 0 bridgehead atoms. The van der Waals surface area contributed by atoms with Crippen molar-refractivity contribution in [1.82, 2.24) is 4.90 Å². The highest BCUT2D eigenvalue weighted by molar-refractivity contribution is 5.44. The minimum absolute atomic E-state index is 0.108. The molecular formula is C13H17NO3. The van der Waals surface area contributed by atoms with Crippen molar-refractivity contribution in [3.8, 4) is 11.5 Å². The predicted octanol–water partition coefficient (Wildman–Crippen LogP) is 1.37. The van der Waals surface area contributed by atoms with Crippen molar-refractivity contribution in [2.45, 2.75) is 25.5 Å². The standard InChI is InChI=1S/C13H17NO3/c15-11-3-5-14(6-4-11)8-10-1-2-12-13(7-10)17-9-16-12/h1-2,7,11,15H,3-6,8-9H2. The predicted molar refractivity (Wildman–Crippen MR) is 63.1 cm³/mol. The second-order valence-electron chi connectivity index (χ2n) is 4.69. The number of rotatable bonds is 2. The zero-order chi connectivity index (χ0) is 11.7. The van der Waals surface area contributed by atoms with Crippen molar-refractivity contribution < 1.29 is 14.6 Å². The summed E-state index contributed by atoms with van der Waals surface area (Å²) >= 11 is 0. The first kappa shape index (κ1) is 10.9. The van der Waals surface area contributed by atoms with Gasteiger partial charge in [0.15, 0.2) is 11.5 Å². The van der Waals surface area contributed by atoms with Crippen LogP contribution in [0, 0.1) is 0 Å². The molecule has 1 aromatic rings. The number of nitrogens with zero attached hydrogens (tertiary/aromatic N) is 1. The molecule has 1 aromatic carbocycles. The lowest BCUT2D eigenvalue weighted by Gasteiger charge is -2.29. The Kier molecular flexibility index (Phi) is 2.91. The molecule has 0 amide bonds. The van der Waals surface area contributed by atoms with Gasteiger partial charge in [-0.1, -0.05) is 6.07 Å². The summed E-state index contributed by atoms with van der Waals surface area (Å²) in [4.78, 5) is 2.37. The number of benzene rings is 1. The third kappa shape index (κ3) is 2.37. The van der Waals surface area contributed by atoms with Gasteiger partial charge in [-0.3, -0.25) is 4.90 Å². The van der Waals surface area contributed by atoms with Gasteiger partial charge in [-0.15, -0.1) is 0 Å². The van der Waals surface area contributed by atoms with Crippen LogP contribution in [-0.4, -0.2) is 36.0 Å². The van der Waals surface area contributed by atoms with Gasteiger partial charge in [-0.25, -0.2) is 0 Å². The van der Waals surface area contributed by atoms with Crippen LogP contribution in [-0.2, 0) is 6.54 Å². The molecule has 4 heteroatoms. The number of hydrogen-bond acceptors (Lipinski definition) is 4. The number of likely N-dealkylation sites (tertiary alicyclic amines) is 1. The van der Waals surface area contributed by atoms with E-state index in [1.165, 1.54) is 5.56 Å². The Labute approximate surface area is 101 Å². The van der Waals surface area contributed by atoms with Gasteiger partial charge in [-0.05, 0) is 30.5 Å². The Balaban J connectivity index is 1.65. The number of fused-ring (bicyclic) bond motifs is 1. The van der Waals surface area contributed by atoms with Crippen molar-refractivity contribution in [1.29, 1.82) is 0 Å². The molecule has 2 aliphatic heterocycles. The second kappa shape index (κ2) is 4.55. The Hall–Kier alpha value is -1.26. The highest BCUT2D eigenvalue weighted by Crippen LogP contribution is 2.32. The molecule has 17 heavy (non-hydrogen) atoms. The van der Waals surface area contributed by atoms with Gasteiger partial charge in [0.05, 0.1) is 6.10 Å². The molecule has 4 nitrogen and oxygen atoms in total. The molecule has 0 saturated carbocycles. The van der Waals surface area contributed by atoms with E-state index in [0.717, 1.165) is 44.0 Å². The van der Waals surface area contributed by atoms with E-state index in [2.05, 4.69) is 11.0 Å². The lowest BCUT2D eigenvalue weighted by Crippen LogP contribution is -2.35. The van der Waals surface area contributed by atoms with Crippen LogP contribution < -0.4 is 9.47 Å². The second-order valence-corrected chi connectivity index (χ2v) is 4.69. The summed E-state index contributed by atoms with van der Waals surface area (Å²) in [5.74, 6) is 1.68. The number of ether oxygens (including phenoxy) is 2. The minimum atomic E-state index is -0.108. The molecule has 92 valence electrons. The average molecular weight is 235 g/mol. The zero-order valence-corrected chi connectivity index (χ0v) is 9.76. The van der Waals surface area contributed by atoms with Crippen LogP contribution in [0.5, 0.6) is 11.5 Å². The van der Waals surface area contributed by atoms with E-state index in [0.29, 0.717) is 6.79 Å². The lowest BCUT2D eigenvalue weighted by molar-refractivity contribution is 0.0792. The highest BCUT2D eigenvalue weighted by Gasteiger charge is 2.18. The maximum absolute atomic E-state index is 9.46. The van der Waals surface area contributed by atoms with Crippen molar-refractivity contribution in [2.75, 3.05) is 19.9 Å². The van der Waals surface area contributed by atoms with E-state index in [1.54, 1.807) is 0 Å². The Morgan fingerprint density at radius 1 is 1.18 bits per heavy atom. The zero-order valence-electron chi connectivity index (χ0n) is 9.76. The summed E-state index contributed by atoms with van der Waals surface area (Å²) in [5, 5.41) is 9.46. The van der Waals surface area contributed by atoms with Gasteiger partial charge in [0.25, 0.3) is 0 Å². The molecule has 0 aliphatic carbocycles. The fourth-order valence-corrected chi connectivity index (χ4v) is 2.37. The molecule has 3 rings (SSSR count). The third-order valence-corrected chi connectivity index (χ3v) is 3.40. The number of aliphatic hydroxyl groups is 1. The summed E-state index contributed by atoms with van der Waals surface area (Å²) in [6, 6.07) is 6.10. The van der Waals surface area contributed by atoms with Gasteiger partial charge in [-0.2, -0.15) is 0 Å². The largest absolute Gasteiger partial charge is 0.454 e. The van der Waals surface area contributed by atoms with Crippen LogP contribution in [0.2, 0.25) is 0 Å². The van der Waals surface area contributed by atoms with Crippen LogP contribution in [0.1, 0.15) is 18.4 Å². The molecule has 1 saturated heterocycles. The van der Waals surface area contributed by atoms with Crippen LogP contribution in [0.25, 0.3) is 0 Å². The molecule has 1 fully saturated rings. The summed E-state index contributed by atoms with van der Waals surface area (Å²) in [7, 11) is 0. The summed E-state index contributed by atoms with van der Waals surface area (Å²) in [6.07, 6.45) is 1.65. The minimum Gasteiger partial charge on any atom is -0.454 e. The topological polar surface area (TPSA) is 41.9 Å². The van der Waals surface area contributed by atoms with E-state index < -0.39 is 0 Å². The van der Waals surface area contributed by atoms with Gasteiger partial charge in [0.2, 0.25) is 6.79 Å². The molecule has 0 radical (unpaired) electrons. The molecule has 2 aliphatic rings. The van der Waals surface area contributed by atoms with Gasteiger partial charge in [0.1, 0.15) is 0 Å². The van der Waals surface area contributed by atoms with Crippen molar-refractivity contribution in [3.63, 3.8) is 0 Å². The number of aliphatic hydroxyl groups excluding tert-OH is 1. The molecule has 0 atom stereocenters. The summed E-state index contributed by atoms with van der Waals surface area (Å²) in [5.41, 5.74) is 1.24. The molecule has 1 N–H and O–H groups in total. The fraction of sp³-hybridized carbons (Fsp3) is 0.538. The van der Waals surface area contributed by atoms with Gasteiger partial charge in [0, 0.05) is 19.6 Å². The molecule has 0 spiro atoms.